The predicted octanol–water partition coefficient (Wildman–Crippen LogP) is 3.58. The standard InChI is InChI=1S/C16H17N3O2/c1-3-5-18-16-10-13(4-6-19-16)21-15-8-12(11-17)7-14(9-15)20-2/h4,6-10H,3,5H2,1-2H3,(H,18,19). The van der Waals surface area contributed by atoms with E-state index in [1.165, 1.54) is 0 Å². The summed E-state index contributed by atoms with van der Waals surface area (Å²) in [5, 5.41) is 12.2. The van der Waals surface area contributed by atoms with E-state index in [1.807, 2.05) is 6.07 Å². The van der Waals surface area contributed by atoms with Crippen molar-refractivity contribution in [3.8, 4) is 23.3 Å². The molecule has 0 radical (unpaired) electrons. The molecule has 5 nitrogen and oxygen atoms in total. The molecule has 5 heteroatoms. The SMILES string of the molecule is CCCNc1cc(Oc2cc(C#N)cc(OC)c2)ccn1. The molecular weight excluding hydrogens is 266 g/mol. The van der Waals surface area contributed by atoms with Crippen LogP contribution in [0.25, 0.3) is 0 Å². The third-order valence-electron chi connectivity index (χ3n) is 2.77. The molecule has 108 valence electrons. The normalized spacial score (nSPS) is 9.76. The van der Waals surface area contributed by atoms with Gasteiger partial charge in [0, 0.05) is 24.9 Å². The quantitative estimate of drug-likeness (QED) is 0.877. The highest BCUT2D eigenvalue weighted by molar-refractivity contribution is 5.47. The van der Waals surface area contributed by atoms with E-state index in [0.29, 0.717) is 22.8 Å². The topological polar surface area (TPSA) is 67.2 Å². The molecule has 2 aromatic rings. The molecule has 1 aromatic carbocycles. The molecular formula is C16H17N3O2. The Morgan fingerprint density at radius 2 is 2.00 bits per heavy atom. The predicted molar refractivity (Wildman–Crippen MR) is 80.8 cm³/mol. The molecule has 1 heterocycles. The zero-order chi connectivity index (χ0) is 15.1. The Bertz CT molecular complexity index is 650. The molecule has 0 saturated carbocycles. The first-order valence-electron chi connectivity index (χ1n) is 6.72. The Hall–Kier alpha value is -2.74. The average Bonchev–Trinajstić information content (AvgIpc) is 2.52. The van der Waals surface area contributed by atoms with Gasteiger partial charge in [-0.15, -0.1) is 0 Å². The summed E-state index contributed by atoms with van der Waals surface area (Å²) in [6.07, 6.45) is 2.70. The van der Waals surface area contributed by atoms with Crippen molar-refractivity contribution < 1.29 is 9.47 Å². The molecule has 1 N–H and O–H groups in total. The maximum atomic E-state index is 9.01. The Morgan fingerprint density at radius 1 is 1.19 bits per heavy atom. The summed E-state index contributed by atoms with van der Waals surface area (Å²) in [5.74, 6) is 2.56. The van der Waals surface area contributed by atoms with Crippen molar-refractivity contribution in [3.63, 3.8) is 0 Å². The monoisotopic (exact) mass is 283 g/mol. The highest BCUT2D eigenvalue weighted by Gasteiger charge is 2.04. The number of methoxy groups -OCH3 is 1. The number of benzene rings is 1. The smallest absolute Gasteiger partial charge is 0.132 e. The molecule has 0 spiro atoms. The van der Waals surface area contributed by atoms with Crippen LogP contribution in [0.3, 0.4) is 0 Å². The van der Waals surface area contributed by atoms with Gasteiger partial charge in [-0.05, 0) is 24.6 Å². The molecule has 0 aliphatic rings. The van der Waals surface area contributed by atoms with Gasteiger partial charge in [0.2, 0.25) is 0 Å². The van der Waals surface area contributed by atoms with Gasteiger partial charge in [-0.3, -0.25) is 0 Å². The van der Waals surface area contributed by atoms with E-state index >= 15 is 0 Å². The van der Waals surface area contributed by atoms with E-state index < -0.39 is 0 Å². The molecule has 0 aliphatic carbocycles. The second kappa shape index (κ2) is 7.15. The summed E-state index contributed by atoms with van der Waals surface area (Å²) in [4.78, 5) is 4.22. The summed E-state index contributed by atoms with van der Waals surface area (Å²) < 4.78 is 10.9. The molecule has 21 heavy (non-hydrogen) atoms. The van der Waals surface area contributed by atoms with Crippen LogP contribution in [0.4, 0.5) is 5.82 Å². The number of rotatable bonds is 6. The van der Waals surface area contributed by atoms with Crippen molar-refractivity contribution in [2.24, 2.45) is 0 Å². The maximum absolute atomic E-state index is 9.01. The van der Waals surface area contributed by atoms with Crippen LogP contribution in [0.5, 0.6) is 17.2 Å². The van der Waals surface area contributed by atoms with Crippen LogP contribution < -0.4 is 14.8 Å². The minimum absolute atomic E-state index is 0.489. The van der Waals surface area contributed by atoms with Crippen molar-refractivity contribution in [1.29, 1.82) is 5.26 Å². The fourth-order valence-corrected chi connectivity index (χ4v) is 1.77. The van der Waals surface area contributed by atoms with Gasteiger partial charge < -0.3 is 14.8 Å². The van der Waals surface area contributed by atoms with Crippen LogP contribution in [0.1, 0.15) is 18.9 Å². The first-order chi connectivity index (χ1) is 10.2. The van der Waals surface area contributed by atoms with Crippen molar-refractivity contribution in [2.45, 2.75) is 13.3 Å². The maximum Gasteiger partial charge on any atom is 0.132 e. The zero-order valence-electron chi connectivity index (χ0n) is 12.1. The van der Waals surface area contributed by atoms with Gasteiger partial charge >= 0.3 is 0 Å². The Kier molecular flexibility index (Phi) is 4.99. The first kappa shape index (κ1) is 14.7. The van der Waals surface area contributed by atoms with Crippen LogP contribution in [-0.2, 0) is 0 Å². The second-order valence-electron chi connectivity index (χ2n) is 4.41. The average molecular weight is 283 g/mol. The van der Waals surface area contributed by atoms with Gasteiger partial charge in [0.05, 0.1) is 18.7 Å². The van der Waals surface area contributed by atoms with E-state index in [1.54, 1.807) is 37.6 Å². The summed E-state index contributed by atoms with van der Waals surface area (Å²) in [5.41, 5.74) is 0.489. The molecule has 2 rings (SSSR count). The molecule has 0 unspecified atom stereocenters. The minimum atomic E-state index is 0.489. The molecule has 0 atom stereocenters. The summed E-state index contributed by atoms with van der Waals surface area (Å²) >= 11 is 0. The lowest BCUT2D eigenvalue weighted by atomic mass is 10.2. The lowest BCUT2D eigenvalue weighted by Gasteiger charge is -2.10. The van der Waals surface area contributed by atoms with Gasteiger partial charge in [-0.2, -0.15) is 5.26 Å². The van der Waals surface area contributed by atoms with Gasteiger partial charge in [-0.1, -0.05) is 6.92 Å². The van der Waals surface area contributed by atoms with E-state index in [-0.39, 0.29) is 0 Å². The molecule has 0 saturated heterocycles. The van der Waals surface area contributed by atoms with Crippen LogP contribution in [0.15, 0.2) is 36.5 Å². The fourth-order valence-electron chi connectivity index (χ4n) is 1.77. The van der Waals surface area contributed by atoms with Gasteiger partial charge in [0.15, 0.2) is 0 Å². The third kappa shape index (κ3) is 4.11. The lowest BCUT2D eigenvalue weighted by Crippen LogP contribution is -2.01. The largest absolute Gasteiger partial charge is 0.497 e. The number of hydrogen-bond donors (Lipinski definition) is 1. The molecule has 1 aromatic heterocycles. The van der Waals surface area contributed by atoms with Crippen molar-refractivity contribution in [2.75, 3.05) is 19.0 Å². The highest BCUT2D eigenvalue weighted by atomic mass is 16.5. The minimum Gasteiger partial charge on any atom is -0.497 e. The summed E-state index contributed by atoms with van der Waals surface area (Å²) in [6.45, 7) is 2.95. The van der Waals surface area contributed by atoms with E-state index in [9.17, 15) is 0 Å². The number of nitriles is 1. The van der Waals surface area contributed by atoms with E-state index in [2.05, 4.69) is 23.3 Å². The van der Waals surface area contributed by atoms with Gasteiger partial charge in [-0.25, -0.2) is 4.98 Å². The van der Waals surface area contributed by atoms with E-state index in [4.69, 9.17) is 14.7 Å². The van der Waals surface area contributed by atoms with Gasteiger partial charge in [0.25, 0.3) is 0 Å². The fraction of sp³-hybridized carbons (Fsp3) is 0.250. The van der Waals surface area contributed by atoms with Crippen molar-refractivity contribution >= 4 is 5.82 Å². The van der Waals surface area contributed by atoms with Gasteiger partial charge in [0.1, 0.15) is 23.1 Å². The first-order valence-corrected chi connectivity index (χ1v) is 6.72. The summed E-state index contributed by atoms with van der Waals surface area (Å²) in [7, 11) is 1.56. The number of nitrogens with one attached hydrogen (secondary N) is 1. The molecule has 0 amide bonds. The third-order valence-corrected chi connectivity index (χ3v) is 2.77. The molecule has 0 fully saturated rings. The number of ether oxygens (including phenoxy) is 2. The number of anilines is 1. The highest BCUT2D eigenvalue weighted by Crippen LogP contribution is 2.27. The second-order valence-corrected chi connectivity index (χ2v) is 4.41. The molecule has 0 bridgehead atoms. The Balaban J connectivity index is 2.19. The van der Waals surface area contributed by atoms with Crippen LogP contribution in [0.2, 0.25) is 0 Å². The Labute approximate surface area is 124 Å². The van der Waals surface area contributed by atoms with E-state index in [0.717, 1.165) is 18.8 Å². The number of pyridine rings is 1. The number of aromatic nitrogens is 1. The number of nitrogens with zero attached hydrogens (tertiary/aromatic N) is 2. The Morgan fingerprint density at radius 3 is 2.71 bits per heavy atom. The molecule has 0 aliphatic heterocycles. The van der Waals surface area contributed by atoms with Crippen molar-refractivity contribution in [3.05, 3.63) is 42.1 Å². The number of hydrogen-bond acceptors (Lipinski definition) is 5. The van der Waals surface area contributed by atoms with Crippen LogP contribution in [-0.4, -0.2) is 18.6 Å². The zero-order valence-corrected chi connectivity index (χ0v) is 12.1. The lowest BCUT2D eigenvalue weighted by molar-refractivity contribution is 0.409. The summed E-state index contributed by atoms with van der Waals surface area (Å²) in [6, 6.07) is 10.7. The van der Waals surface area contributed by atoms with Crippen LogP contribution >= 0.6 is 0 Å². The van der Waals surface area contributed by atoms with Crippen molar-refractivity contribution in [1.82, 2.24) is 4.98 Å². The van der Waals surface area contributed by atoms with Crippen LogP contribution in [0, 0.1) is 11.3 Å².